The Morgan fingerprint density at radius 2 is 2.29 bits per heavy atom. The first-order valence-electron chi connectivity index (χ1n) is 6.35. The summed E-state index contributed by atoms with van der Waals surface area (Å²) < 4.78 is 5.22. The van der Waals surface area contributed by atoms with Gasteiger partial charge in [-0.1, -0.05) is 0 Å². The number of benzene rings is 1. The molecule has 1 aliphatic heterocycles. The van der Waals surface area contributed by atoms with E-state index in [0.717, 1.165) is 0 Å². The maximum absolute atomic E-state index is 11.9. The van der Waals surface area contributed by atoms with Crippen molar-refractivity contribution in [1.29, 1.82) is 0 Å². The molecular weight excluding hydrogens is 300 g/mol. The molecule has 0 spiro atoms. The van der Waals surface area contributed by atoms with Gasteiger partial charge in [-0.2, -0.15) is 0 Å². The van der Waals surface area contributed by atoms with Gasteiger partial charge in [0.15, 0.2) is 0 Å². The number of hydrogen-bond acceptors (Lipinski definition) is 5. The zero-order valence-electron chi connectivity index (χ0n) is 11.2. The van der Waals surface area contributed by atoms with Crippen molar-refractivity contribution in [3.8, 4) is 5.75 Å². The van der Waals surface area contributed by atoms with Gasteiger partial charge >= 0.3 is 0 Å². The van der Waals surface area contributed by atoms with E-state index in [1.807, 2.05) is 0 Å². The summed E-state index contributed by atoms with van der Waals surface area (Å²) in [4.78, 5) is 34.9. The summed E-state index contributed by atoms with van der Waals surface area (Å²) in [6.45, 7) is 2.19. The van der Waals surface area contributed by atoms with Crippen molar-refractivity contribution < 1.29 is 19.2 Å². The molecule has 0 aromatic heterocycles. The first kappa shape index (κ1) is 15.2. The van der Waals surface area contributed by atoms with E-state index < -0.39 is 16.1 Å². The Balaban J connectivity index is 2.37. The average Bonchev–Trinajstić information content (AvgIpc) is 2.81. The molecule has 1 saturated heterocycles. The van der Waals surface area contributed by atoms with E-state index in [-0.39, 0.29) is 30.2 Å². The molecule has 8 heteroatoms. The summed E-state index contributed by atoms with van der Waals surface area (Å²) in [7, 11) is 0. The standard InChI is InChI=1S/C13H13ClN2O5/c1-2-21-9-3-4-10(11(6-9)16(19)20)15-7-8(13(14)18)5-12(15)17/h3-4,6,8H,2,5,7H2,1H3. The van der Waals surface area contributed by atoms with Gasteiger partial charge in [0.1, 0.15) is 11.4 Å². The molecule has 1 aliphatic rings. The van der Waals surface area contributed by atoms with Crippen molar-refractivity contribution in [2.24, 2.45) is 5.92 Å². The van der Waals surface area contributed by atoms with E-state index in [0.29, 0.717) is 12.4 Å². The van der Waals surface area contributed by atoms with Crippen molar-refractivity contribution in [1.82, 2.24) is 0 Å². The molecule has 112 valence electrons. The van der Waals surface area contributed by atoms with E-state index in [4.69, 9.17) is 16.3 Å². The third-order valence-corrected chi connectivity index (χ3v) is 3.50. The van der Waals surface area contributed by atoms with Gasteiger partial charge < -0.3 is 9.64 Å². The number of ether oxygens (including phenoxy) is 1. The summed E-state index contributed by atoms with van der Waals surface area (Å²) in [5, 5.41) is 10.6. The fourth-order valence-corrected chi connectivity index (χ4v) is 2.37. The number of amides is 1. The predicted molar refractivity (Wildman–Crippen MR) is 75.6 cm³/mol. The topological polar surface area (TPSA) is 89.8 Å². The Bertz CT molecular complexity index is 604. The lowest BCUT2D eigenvalue weighted by Gasteiger charge is -2.16. The molecule has 2 rings (SSSR count). The lowest BCUT2D eigenvalue weighted by molar-refractivity contribution is -0.384. The number of nitro groups is 1. The van der Waals surface area contributed by atoms with Gasteiger partial charge in [0, 0.05) is 13.0 Å². The Morgan fingerprint density at radius 1 is 1.57 bits per heavy atom. The van der Waals surface area contributed by atoms with Crippen LogP contribution in [-0.4, -0.2) is 29.2 Å². The van der Waals surface area contributed by atoms with E-state index in [9.17, 15) is 19.7 Å². The zero-order chi connectivity index (χ0) is 15.6. The van der Waals surface area contributed by atoms with Gasteiger partial charge in [0.25, 0.3) is 5.69 Å². The normalized spacial score (nSPS) is 17.9. The van der Waals surface area contributed by atoms with Gasteiger partial charge in [-0.25, -0.2) is 0 Å². The fraction of sp³-hybridized carbons (Fsp3) is 0.385. The molecule has 1 heterocycles. The van der Waals surface area contributed by atoms with Crippen LogP contribution in [0.2, 0.25) is 0 Å². The Kier molecular flexibility index (Phi) is 4.42. The van der Waals surface area contributed by atoms with Crippen molar-refractivity contribution in [3.63, 3.8) is 0 Å². The number of carbonyl (C=O) groups excluding carboxylic acids is 2. The molecular formula is C13H13ClN2O5. The summed E-state index contributed by atoms with van der Waals surface area (Å²) in [6, 6.07) is 4.26. The molecule has 0 radical (unpaired) electrons. The molecule has 1 aromatic rings. The second kappa shape index (κ2) is 6.09. The fourth-order valence-electron chi connectivity index (χ4n) is 2.23. The van der Waals surface area contributed by atoms with Crippen LogP contribution >= 0.6 is 11.6 Å². The second-order valence-electron chi connectivity index (χ2n) is 4.55. The first-order valence-corrected chi connectivity index (χ1v) is 6.72. The lowest BCUT2D eigenvalue weighted by atomic mass is 10.1. The molecule has 1 atom stereocenters. The number of carbonyl (C=O) groups is 2. The van der Waals surface area contributed by atoms with Crippen LogP contribution in [0, 0.1) is 16.0 Å². The largest absolute Gasteiger partial charge is 0.494 e. The quantitative estimate of drug-likeness (QED) is 0.472. The summed E-state index contributed by atoms with van der Waals surface area (Å²) in [5.41, 5.74) is -0.0918. The highest BCUT2D eigenvalue weighted by Crippen LogP contribution is 2.36. The lowest BCUT2D eigenvalue weighted by Crippen LogP contribution is -2.26. The van der Waals surface area contributed by atoms with E-state index in [1.165, 1.54) is 17.0 Å². The number of nitrogens with zero attached hydrogens (tertiary/aromatic N) is 2. The Hall–Kier alpha value is -2.15. The van der Waals surface area contributed by atoms with Crippen molar-refractivity contribution in [2.45, 2.75) is 13.3 Å². The molecule has 0 N–H and O–H groups in total. The van der Waals surface area contributed by atoms with E-state index in [1.54, 1.807) is 13.0 Å². The molecule has 0 saturated carbocycles. The molecule has 0 bridgehead atoms. The highest BCUT2D eigenvalue weighted by atomic mass is 35.5. The van der Waals surface area contributed by atoms with Gasteiger partial charge in [-0.3, -0.25) is 19.7 Å². The minimum Gasteiger partial charge on any atom is -0.494 e. The van der Waals surface area contributed by atoms with Crippen molar-refractivity contribution in [3.05, 3.63) is 28.3 Å². The van der Waals surface area contributed by atoms with E-state index in [2.05, 4.69) is 0 Å². The van der Waals surface area contributed by atoms with Crippen molar-refractivity contribution in [2.75, 3.05) is 18.1 Å². The highest BCUT2D eigenvalue weighted by molar-refractivity contribution is 6.64. The molecule has 1 amide bonds. The van der Waals surface area contributed by atoms with Gasteiger partial charge in [-0.15, -0.1) is 0 Å². The highest BCUT2D eigenvalue weighted by Gasteiger charge is 2.37. The molecule has 21 heavy (non-hydrogen) atoms. The molecule has 1 unspecified atom stereocenters. The maximum Gasteiger partial charge on any atom is 0.296 e. The van der Waals surface area contributed by atoms with Crippen LogP contribution in [0.3, 0.4) is 0 Å². The number of halogens is 1. The molecule has 1 aromatic carbocycles. The SMILES string of the molecule is CCOc1ccc(N2CC(C(=O)Cl)CC2=O)c([N+](=O)[O-])c1. The van der Waals surface area contributed by atoms with Crippen LogP contribution in [0.5, 0.6) is 5.75 Å². The first-order chi connectivity index (χ1) is 9.93. The van der Waals surface area contributed by atoms with E-state index >= 15 is 0 Å². The van der Waals surface area contributed by atoms with Crippen LogP contribution in [0.15, 0.2) is 18.2 Å². The average molecular weight is 313 g/mol. The summed E-state index contributed by atoms with van der Waals surface area (Å²) in [5.74, 6) is -0.642. The van der Waals surface area contributed by atoms with Gasteiger partial charge in [0.05, 0.1) is 23.5 Å². The summed E-state index contributed by atoms with van der Waals surface area (Å²) >= 11 is 5.40. The number of rotatable bonds is 5. The van der Waals surface area contributed by atoms with Crippen molar-refractivity contribution >= 4 is 34.1 Å². The minimum atomic E-state index is -0.634. The monoisotopic (exact) mass is 312 g/mol. The van der Waals surface area contributed by atoms with Gasteiger partial charge in [0.2, 0.25) is 11.1 Å². The zero-order valence-corrected chi connectivity index (χ0v) is 12.0. The number of anilines is 1. The minimum absolute atomic E-state index is 0.0350. The maximum atomic E-state index is 11.9. The van der Waals surface area contributed by atoms with Crippen LogP contribution in [-0.2, 0) is 9.59 Å². The molecule has 7 nitrogen and oxygen atoms in total. The molecule has 1 fully saturated rings. The molecule has 0 aliphatic carbocycles. The predicted octanol–water partition coefficient (Wildman–Crippen LogP) is 2.11. The Morgan fingerprint density at radius 3 is 2.81 bits per heavy atom. The summed E-state index contributed by atoms with van der Waals surface area (Å²) in [6.07, 6.45) is -0.0350. The third kappa shape index (κ3) is 3.13. The smallest absolute Gasteiger partial charge is 0.296 e. The number of nitro benzene ring substituents is 1. The van der Waals surface area contributed by atoms with Crippen LogP contribution in [0.25, 0.3) is 0 Å². The number of hydrogen-bond donors (Lipinski definition) is 0. The van der Waals surface area contributed by atoms with Crippen LogP contribution < -0.4 is 9.64 Å². The van der Waals surface area contributed by atoms with Crippen LogP contribution in [0.4, 0.5) is 11.4 Å². The van der Waals surface area contributed by atoms with Crippen LogP contribution in [0.1, 0.15) is 13.3 Å². The third-order valence-electron chi connectivity index (χ3n) is 3.19. The Labute approximate surface area is 125 Å². The second-order valence-corrected chi connectivity index (χ2v) is 4.92. The van der Waals surface area contributed by atoms with Gasteiger partial charge in [-0.05, 0) is 30.7 Å².